The third-order valence-electron chi connectivity index (χ3n) is 4.34. The maximum absolute atomic E-state index is 2.48. The summed E-state index contributed by atoms with van der Waals surface area (Å²) in [7, 11) is 0. The van der Waals surface area contributed by atoms with Gasteiger partial charge in [0.25, 0.3) is 0 Å². The minimum Gasteiger partial charge on any atom is -0.0622 e. The quantitative estimate of drug-likeness (QED) is 0.577. The second-order valence-corrected chi connectivity index (χ2v) is 7.46. The van der Waals surface area contributed by atoms with Gasteiger partial charge in [-0.05, 0) is 36.0 Å². The fraction of sp³-hybridized carbons (Fsp3) is 1.00. The van der Waals surface area contributed by atoms with Crippen molar-refractivity contribution in [2.24, 2.45) is 23.2 Å². The minimum absolute atomic E-state index is 0.500. The number of hydrogen-bond donors (Lipinski definition) is 0. The SMILES string of the molecule is CC(CC1CCCCC1)C(C)CC(C)(C)C. The molecule has 0 nitrogen and oxygen atoms in total. The maximum Gasteiger partial charge on any atom is -0.0380 e. The van der Waals surface area contributed by atoms with Gasteiger partial charge in [-0.15, -0.1) is 0 Å². The van der Waals surface area contributed by atoms with Crippen LogP contribution in [0.15, 0.2) is 0 Å². The molecule has 1 aliphatic carbocycles. The molecular formula is C16H32. The van der Waals surface area contributed by atoms with Gasteiger partial charge in [-0.1, -0.05) is 66.7 Å². The van der Waals surface area contributed by atoms with Crippen LogP contribution in [0.5, 0.6) is 0 Å². The Labute approximate surface area is 103 Å². The first kappa shape index (κ1) is 14.1. The van der Waals surface area contributed by atoms with E-state index in [9.17, 15) is 0 Å². The molecule has 0 aromatic carbocycles. The van der Waals surface area contributed by atoms with E-state index in [1.54, 1.807) is 0 Å². The molecule has 0 spiro atoms. The van der Waals surface area contributed by atoms with Crippen molar-refractivity contribution in [3.8, 4) is 0 Å². The molecule has 0 bridgehead atoms. The third-order valence-corrected chi connectivity index (χ3v) is 4.34. The summed E-state index contributed by atoms with van der Waals surface area (Å²) in [6.07, 6.45) is 10.3. The lowest BCUT2D eigenvalue weighted by atomic mass is 9.75. The first-order valence-electron chi connectivity index (χ1n) is 7.38. The van der Waals surface area contributed by atoms with Gasteiger partial charge in [0.2, 0.25) is 0 Å². The summed E-state index contributed by atoms with van der Waals surface area (Å²) < 4.78 is 0. The average molecular weight is 224 g/mol. The van der Waals surface area contributed by atoms with Gasteiger partial charge < -0.3 is 0 Å². The predicted octanol–water partition coefficient (Wildman–Crippen LogP) is 5.67. The van der Waals surface area contributed by atoms with Crippen LogP contribution >= 0.6 is 0 Å². The van der Waals surface area contributed by atoms with E-state index < -0.39 is 0 Å². The molecule has 16 heavy (non-hydrogen) atoms. The topological polar surface area (TPSA) is 0 Å². The molecule has 0 aromatic heterocycles. The van der Waals surface area contributed by atoms with Gasteiger partial charge in [-0.2, -0.15) is 0 Å². The van der Waals surface area contributed by atoms with Gasteiger partial charge in [0.05, 0.1) is 0 Å². The molecule has 0 aromatic rings. The zero-order chi connectivity index (χ0) is 12.2. The van der Waals surface area contributed by atoms with Gasteiger partial charge >= 0.3 is 0 Å². The average Bonchev–Trinajstić information content (AvgIpc) is 2.16. The van der Waals surface area contributed by atoms with E-state index in [4.69, 9.17) is 0 Å². The Bertz CT molecular complexity index is 181. The van der Waals surface area contributed by atoms with E-state index >= 15 is 0 Å². The van der Waals surface area contributed by atoms with Crippen LogP contribution in [0.1, 0.15) is 79.6 Å². The normalized spacial score (nSPS) is 23.1. The molecule has 1 aliphatic rings. The molecule has 0 aliphatic heterocycles. The van der Waals surface area contributed by atoms with Crippen molar-refractivity contribution in [3.05, 3.63) is 0 Å². The van der Waals surface area contributed by atoms with Crippen molar-refractivity contribution in [3.63, 3.8) is 0 Å². The monoisotopic (exact) mass is 224 g/mol. The van der Waals surface area contributed by atoms with Crippen LogP contribution < -0.4 is 0 Å². The first-order chi connectivity index (χ1) is 7.38. The van der Waals surface area contributed by atoms with E-state index in [-0.39, 0.29) is 0 Å². The van der Waals surface area contributed by atoms with Crippen LogP contribution in [0.4, 0.5) is 0 Å². The largest absolute Gasteiger partial charge is 0.0622 e. The molecule has 0 saturated heterocycles. The standard InChI is InChI=1S/C16H32/c1-13(14(2)12-16(3,4)5)11-15-9-7-6-8-10-15/h13-15H,6-12H2,1-5H3. The molecule has 0 heterocycles. The van der Waals surface area contributed by atoms with Crippen molar-refractivity contribution < 1.29 is 0 Å². The Morgan fingerprint density at radius 3 is 2.00 bits per heavy atom. The zero-order valence-electron chi connectivity index (χ0n) is 12.2. The van der Waals surface area contributed by atoms with Gasteiger partial charge in [0.1, 0.15) is 0 Å². The summed E-state index contributed by atoms with van der Waals surface area (Å²) in [5.74, 6) is 2.86. The minimum atomic E-state index is 0.500. The van der Waals surface area contributed by atoms with Crippen molar-refractivity contribution in [2.45, 2.75) is 79.6 Å². The molecule has 1 rings (SSSR count). The Morgan fingerprint density at radius 2 is 1.50 bits per heavy atom. The Kier molecular flexibility index (Phi) is 5.34. The highest BCUT2D eigenvalue weighted by molar-refractivity contribution is 4.74. The van der Waals surface area contributed by atoms with E-state index in [1.807, 2.05) is 0 Å². The first-order valence-corrected chi connectivity index (χ1v) is 7.38. The Balaban J connectivity index is 2.29. The van der Waals surface area contributed by atoms with Gasteiger partial charge in [-0.25, -0.2) is 0 Å². The Morgan fingerprint density at radius 1 is 0.938 bits per heavy atom. The lowest BCUT2D eigenvalue weighted by molar-refractivity contribution is 0.203. The van der Waals surface area contributed by atoms with Crippen molar-refractivity contribution in [2.75, 3.05) is 0 Å². The summed E-state index contributed by atoms with van der Waals surface area (Å²) in [5, 5.41) is 0. The van der Waals surface area contributed by atoms with E-state index in [0.717, 1.165) is 17.8 Å². The molecule has 96 valence electrons. The molecule has 1 fully saturated rings. The summed E-state index contributed by atoms with van der Waals surface area (Å²) in [6.45, 7) is 12.0. The van der Waals surface area contributed by atoms with Crippen LogP contribution in [-0.4, -0.2) is 0 Å². The maximum atomic E-state index is 2.48. The van der Waals surface area contributed by atoms with Crippen LogP contribution in [0.2, 0.25) is 0 Å². The van der Waals surface area contributed by atoms with Crippen molar-refractivity contribution in [1.29, 1.82) is 0 Å². The zero-order valence-corrected chi connectivity index (χ0v) is 12.2. The highest BCUT2D eigenvalue weighted by Gasteiger charge is 2.23. The molecule has 1 saturated carbocycles. The lowest BCUT2D eigenvalue weighted by Crippen LogP contribution is -2.20. The predicted molar refractivity (Wildman–Crippen MR) is 73.6 cm³/mol. The second-order valence-electron chi connectivity index (χ2n) is 7.46. The van der Waals surface area contributed by atoms with Crippen LogP contribution in [0.25, 0.3) is 0 Å². The van der Waals surface area contributed by atoms with E-state index in [0.29, 0.717) is 5.41 Å². The summed E-state index contributed by atoms with van der Waals surface area (Å²) in [5.41, 5.74) is 0.500. The number of rotatable bonds is 4. The van der Waals surface area contributed by atoms with Crippen molar-refractivity contribution in [1.82, 2.24) is 0 Å². The van der Waals surface area contributed by atoms with Crippen molar-refractivity contribution >= 4 is 0 Å². The van der Waals surface area contributed by atoms with Crippen LogP contribution in [0.3, 0.4) is 0 Å². The fourth-order valence-electron chi connectivity index (χ4n) is 3.35. The van der Waals surface area contributed by atoms with Gasteiger partial charge in [-0.3, -0.25) is 0 Å². The van der Waals surface area contributed by atoms with Gasteiger partial charge in [0.15, 0.2) is 0 Å². The third kappa shape index (κ3) is 5.37. The Hall–Kier alpha value is 0. The molecular weight excluding hydrogens is 192 g/mol. The summed E-state index contributed by atoms with van der Waals surface area (Å²) in [6, 6.07) is 0. The highest BCUT2D eigenvalue weighted by atomic mass is 14.3. The highest BCUT2D eigenvalue weighted by Crippen LogP contribution is 2.35. The van der Waals surface area contributed by atoms with E-state index in [2.05, 4.69) is 34.6 Å². The smallest absolute Gasteiger partial charge is 0.0380 e. The fourth-order valence-corrected chi connectivity index (χ4v) is 3.35. The second kappa shape index (κ2) is 6.07. The summed E-state index contributed by atoms with van der Waals surface area (Å²) >= 11 is 0. The van der Waals surface area contributed by atoms with Gasteiger partial charge in [0, 0.05) is 0 Å². The number of hydrogen-bond acceptors (Lipinski definition) is 0. The molecule has 0 amide bonds. The van der Waals surface area contributed by atoms with E-state index in [1.165, 1.54) is 44.9 Å². The van der Waals surface area contributed by atoms with Crippen LogP contribution in [-0.2, 0) is 0 Å². The molecule has 0 N–H and O–H groups in total. The molecule has 2 unspecified atom stereocenters. The van der Waals surface area contributed by atoms with Crippen LogP contribution in [0, 0.1) is 23.2 Å². The molecule has 0 radical (unpaired) electrons. The summed E-state index contributed by atoms with van der Waals surface area (Å²) in [4.78, 5) is 0. The molecule has 0 heteroatoms. The lowest BCUT2D eigenvalue weighted by Gasteiger charge is -2.31. The molecule has 2 atom stereocenters.